The van der Waals surface area contributed by atoms with E-state index >= 15 is 0 Å². The lowest BCUT2D eigenvalue weighted by atomic mass is 10.1. The number of nitrogens with one attached hydrogen (secondary N) is 1. The van der Waals surface area contributed by atoms with Crippen LogP contribution in [-0.4, -0.2) is 29.1 Å². The van der Waals surface area contributed by atoms with Gasteiger partial charge in [0.2, 0.25) is 0 Å². The standard InChI is InChI=1S/C14H20N2O4/c1-11-12(7-6-8-13(11)16(19)20)14(18)15-9-4-2-3-5-10-17/h6-8,17H,2-5,9-10H2,1H3,(H,15,18). The van der Waals surface area contributed by atoms with Crippen molar-refractivity contribution < 1.29 is 14.8 Å². The molecular formula is C14H20N2O4. The topological polar surface area (TPSA) is 92.5 Å². The number of nitro groups is 1. The molecule has 0 bridgehead atoms. The molecule has 0 aliphatic heterocycles. The van der Waals surface area contributed by atoms with Crippen LogP contribution in [0.3, 0.4) is 0 Å². The summed E-state index contributed by atoms with van der Waals surface area (Å²) in [5.74, 6) is -0.284. The number of carbonyl (C=O) groups excluding carboxylic acids is 1. The summed E-state index contributed by atoms with van der Waals surface area (Å²) < 4.78 is 0. The molecule has 20 heavy (non-hydrogen) atoms. The van der Waals surface area contributed by atoms with Gasteiger partial charge in [-0.3, -0.25) is 14.9 Å². The van der Waals surface area contributed by atoms with Gasteiger partial charge in [-0.2, -0.15) is 0 Å². The zero-order valence-electron chi connectivity index (χ0n) is 11.6. The summed E-state index contributed by atoms with van der Waals surface area (Å²) in [6.45, 7) is 2.31. The largest absolute Gasteiger partial charge is 0.396 e. The minimum Gasteiger partial charge on any atom is -0.396 e. The summed E-state index contributed by atoms with van der Waals surface area (Å²) in [7, 11) is 0. The molecule has 0 aliphatic rings. The van der Waals surface area contributed by atoms with Crippen LogP contribution in [0.25, 0.3) is 0 Å². The van der Waals surface area contributed by atoms with E-state index in [1.165, 1.54) is 12.1 Å². The number of rotatable bonds is 8. The Bertz CT molecular complexity index is 474. The van der Waals surface area contributed by atoms with Gasteiger partial charge in [0.05, 0.1) is 4.92 Å². The van der Waals surface area contributed by atoms with Crippen LogP contribution in [0.1, 0.15) is 41.6 Å². The molecule has 0 saturated carbocycles. The predicted octanol–water partition coefficient (Wildman–Crippen LogP) is 2.19. The van der Waals surface area contributed by atoms with Gasteiger partial charge in [-0.15, -0.1) is 0 Å². The second-order valence-corrected chi connectivity index (χ2v) is 4.60. The molecule has 0 fully saturated rings. The molecule has 0 atom stereocenters. The van der Waals surface area contributed by atoms with Crippen LogP contribution < -0.4 is 5.32 Å². The zero-order valence-corrected chi connectivity index (χ0v) is 11.6. The lowest BCUT2D eigenvalue weighted by molar-refractivity contribution is -0.385. The number of unbranched alkanes of at least 4 members (excludes halogenated alkanes) is 3. The van der Waals surface area contributed by atoms with Crippen molar-refractivity contribution in [2.24, 2.45) is 0 Å². The fourth-order valence-electron chi connectivity index (χ4n) is 1.95. The van der Waals surface area contributed by atoms with E-state index in [0.29, 0.717) is 17.7 Å². The van der Waals surface area contributed by atoms with E-state index in [0.717, 1.165) is 25.7 Å². The van der Waals surface area contributed by atoms with Gasteiger partial charge in [0.25, 0.3) is 11.6 Å². The maximum Gasteiger partial charge on any atom is 0.273 e. The van der Waals surface area contributed by atoms with Crippen LogP contribution >= 0.6 is 0 Å². The number of carbonyl (C=O) groups is 1. The Balaban J connectivity index is 2.52. The van der Waals surface area contributed by atoms with E-state index in [4.69, 9.17) is 5.11 Å². The molecule has 0 saturated heterocycles. The van der Waals surface area contributed by atoms with Crippen molar-refractivity contribution >= 4 is 11.6 Å². The molecule has 1 aromatic carbocycles. The second-order valence-electron chi connectivity index (χ2n) is 4.60. The normalized spacial score (nSPS) is 10.3. The maximum absolute atomic E-state index is 12.0. The third-order valence-corrected chi connectivity index (χ3v) is 3.12. The Morgan fingerprint density at radius 1 is 1.30 bits per heavy atom. The van der Waals surface area contributed by atoms with Crippen LogP contribution in [0.4, 0.5) is 5.69 Å². The highest BCUT2D eigenvalue weighted by Gasteiger charge is 2.17. The lowest BCUT2D eigenvalue weighted by Gasteiger charge is -2.07. The van der Waals surface area contributed by atoms with Crippen LogP contribution in [0.15, 0.2) is 18.2 Å². The maximum atomic E-state index is 12.0. The van der Waals surface area contributed by atoms with E-state index in [9.17, 15) is 14.9 Å². The van der Waals surface area contributed by atoms with Crippen molar-refractivity contribution in [3.8, 4) is 0 Å². The summed E-state index contributed by atoms with van der Waals surface area (Å²) in [6.07, 6.45) is 3.48. The van der Waals surface area contributed by atoms with Crippen LogP contribution in [0.2, 0.25) is 0 Å². The van der Waals surface area contributed by atoms with E-state index in [1.807, 2.05) is 0 Å². The van der Waals surface area contributed by atoms with Crippen molar-refractivity contribution in [2.45, 2.75) is 32.6 Å². The van der Waals surface area contributed by atoms with Gasteiger partial charge in [-0.1, -0.05) is 18.9 Å². The first-order valence-corrected chi connectivity index (χ1v) is 6.71. The minimum absolute atomic E-state index is 0.0411. The smallest absolute Gasteiger partial charge is 0.273 e. The summed E-state index contributed by atoms with van der Waals surface area (Å²) in [5.41, 5.74) is 0.686. The fourth-order valence-corrected chi connectivity index (χ4v) is 1.95. The first kappa shape index (κ1) is 16.1. The molecule has 0 unspecified atom stereocenters. The monoisotopic (exact) mass is 280 g/mol. The molecule has 0 spiro atoms. The Morgan fingerprint density at radius 3 is 2.65 bits per heavy atom. The van der Waals surface area contributed by atoms with Gasteiger partial charge >= 0.3 is 0 Å². The third-order valence-electron chi connectivity index (χ3n) is 3.12. The molecule has 0 aromatic heterocycles. The number of hydrogen-bond acceptors (Lipinski definition) is 4. The van der Waals surface area contributed by atoms with Gasteiger partial charge in [0, 0.05) is 30.3 Å². The quantitative estimate of drug-likeness (QED) is 0.433. The highest BCUT2D eigenvalue weighted by atomic mass is 16.6. The fraction of sp³-hybridized carbons (Fsp3) is 0.500. The van der Waals surface area contributed by atoms with Gasteiger partial charge in [0.1, 0.15) is 0 Å². The minimum atomic E-state index is -0.485. The van der Waals surface area contributed by atoms with E-state index in [-0.39, 0.29) is 18.2 Å². The Hall–Kier alpha value is -1.95. The molecule has 6 nitrogen and oxygen atoms in total. The second kappa shape index (κ2) is 8.27. The zero-order chi connectivity index (χ0) is 15.0. The number of benzene rings is 1. The molecule has 1 aromatic rings. The molecule has 6 heteroatoms. The number of nitrogens with zero attached hydrogens (tertiary/aromatic N) is 1. The number of nitro benzene ring substituents is 1. The van der Waals surface area contributed by atoms with Crippen molar-refractivity contribution in [3.63, 3.8) is 0 Å². The third kappa shape index (κ3) is 4.62. The Kier molecular flexibility index (Phi) is 6.66. The van der Waals surface area contributed by atoms with Gasteiger partial charge < -0.3 is 10.4 Å². The van der Waals surface area contributed by atoms with Gasteiger partial charge in [-0.05, 0) is 25.8 Å². The summed E-state index contributed by atoms with van der Waals surface area (Å²) in [5, 5.41) is 22.2. The number of amides is 1. The van der Waals surface area contributed by atoms with Gasteiger partial charge in [0.15, 0.2) is 0 Å². The van der Waals surface area contributed by atoms with Crippen LogP contribution in [-0.2, 0) is 0 Å². The average Bonchev–Trinajstić information content (AvgIpc) is 2.42. The van der Waals surface area contributed by atoms with Crippen LogP contribution in [0, 0.1) is 17.0 Å². The number of aliphatic hydroxyl groups is 1. The van der Waals surface area contributed by atoms with Crippen molar-refractivity contribution in [1.82, 2.24) is 5.32 Å². The number of hydrogen-bond donors (Lipinski definition) is 2. The molecule has 0 radical (unpaired) electrons. The Labute approximate surface area is 118 Å². The summed E-state index contributed by atoms with van der Waals surface area (Å²) >= 11 is 0. The predicted molar refractivity (Wildman–Crippen MR) is 75.7 cm³/mol. The molecule has 110 valence electrons. The summed E-state index contributed by atoms with van der Waals surface area (Å²) in [6, 6.07) is 4.49. The lowest BCUT2D eigenvalue weighted by Crippen LogP contribution is -2.25. The SMILES string of the molecule is Cc1c(C(=O)NCCCCCCO)cccc1[N+](=O)[O-]. The van der Waals surface area contributed by atoms with E-state index in [2.05, 4.69) is 5.32 Å². The first-order chi connectivity index (χ1) is 9.57. The summed E-state index contributed by atoms with van der Waals surface area (Å²) in [4.78, 5) is 22.3. The Morgan fingerprint density at radius 2 is 2.00 bits per heavy atom. The van der Waals surface area contributed by atoms with E-state index < -0.39 is 4.92 Å². The molecule has 0 aliphatic carbocycles. The van der Waals surface area contributed by atoms with Crippen molar-refractivity contribution in [3.05, 3.63) is 39.4 Å². The average molecular weight is 280 g/mol. The first-order valence-electron chi connectivity index (χ1n) is 6.71. The van der Waals surface area contributed by atoms with E-state index in [1.54, 1.807) is 13.0 Å². The molecule has 1 amide bonds. The highest BCUT2D eigenvalue weighted by molar-refractivity contribution is 5.96. The number of aliphatic hydroxyl groups excluding tert-OH is 1. The molecular weight excluding hydrogens is 260 g/mol. The van der Waals surface area contributed by atoms with Crippen molar-refractivity contribution in [1.29, 1.82) is 0 Å². The highest BCUT2D eigenvalue weighted by Crippen LogP contribution is 2.20. The van der Waals surface area contributed by atoms with Crippen molar-refractivity contribution in [2.75, 3.05) is 13.2 Å². The molecule has 2 N–H and O–H groups in total. The van der Waals surface area contributed by atoms with Crippen LogP contribution in [0.5, 0.6) is 0 Å². The molecule has 0 heterocycles. The van der Waals surface area contributed by atoms with Gasteiger partial charge in [-0.25, -0.2) is 0 Å². The molecule has 1 rings (SSSR count).